The summed E-state index contributed by atoms with van der Waals surface area (Å²) in [6.45, 7) is 1.63. The number of nitro benzene ring substituents is 1. The average Bonchev–Trinajstić information content (AvgIpc) is 3.15. The molecule has 4 rings (SSSR count). The number of benzene rings is 2. The van der Waals surface area contributed by atoms with Crippen molar-refractivity contribution >= 4 is 27.0 Å². The van der Waals surface area contributed by atoms with Gasteiger partial charge in [0, 0.05) is 18.3 Å². The number of pyridine rings is 1. The van der Waals surface area contributed by atoms with Gasteiger partial charge in [0.15, 0.2) is 0 Å². The van der Waals surface area contributed by atoms with E-state index in [1.807, 2.05) is 28.8 Å². The predicted octanol–water partition coefficient (Wildman–Crippen LogP) is 3.95. The third kappa shape index (κ3) is 3.50. The molecule has 0 spiro atoms. The molecule has 0 saturated carbocycles. The van der Waals surface area contributed by atoms with Crippen molar-refractivity contribution in [2.75, 3.05) is 4.31 Å². The van der Waals surface area contributed by atoms with Crippen LogP contribution in [0.4, 0.5) is 11.4 Å². The van der Waals surface area contributed by atoms with Gasteiger partial charge in [0.25, 0.3) is 15.7 Å². The quantitative estimate of drug-likeness (QED) is 0.346. The maximum atomic E-state index is 13.7. The number of aryl methyl sites for hydroxylation is 1. The standard InChI is InChI=1S/C21H18N4O4S/c1-16-10-11-18(25(26)27)13-20(16)30(28,29)24(17-7-3-2-4-8-17)15-19-14-22-21-9-5-6-12-23(19)21/h2-14H,15H2,1H3. The van der Waals surface area contributed by atoms with Gasteiger partial charge >= 0.3 is 0 Å². The van der Waals surface area contributed by atoms with Crippen molar-refractivity contribution in [1.82, 2.24) is 9.38 Å². The number of imidazole rings is 1. The van der Waals surface area contributed by atoms with Gasteiger partial charge < -0.3 is 4.40 Å². The Morgan fingerprint density at radius 1 is 1.07 bits per heavy atom. The Bertz CT molecular complexity index is 1330. The second-order valence-electron chi connectivity index (χ2n) is 6.73. The zero-order valence-electron chi connectivity index (χ0n) is 16.0. The van der Waals surface area contributed by atoms with Crippen LogP contribution >= 0.6 is 0 Å². The average molecular weight is 422 g/mol. The number of hydrogen-bond donors (Lipinski definition) is 0. The van der Waals surface area contributed by atoms with Gasteiger partial charge in [-0.15, -0.1) is 0 Å². The lowest BCUT2D eigenvalue weighted by molar-refractivity contribution is -0.385. The van der Waals surface area contributed by atoms with E-state index in [9.17, 15) is 18.5 Å². The molecule has 0 radical (unpaired) electrons. The number of hydrogen-bond acceptors (Lipinski definition) is 5. The van der Waals surface area contributed by atoms with Crippen LogP contribution in [0, 0.1) is 17.0 Å². The van der Waals surface area contributed by atoms with Gasteiger partial charge in [0.05, 0.1) is 33.9 Å². The molecule has 30 heavy (non-hydrogen) atoms. The van der Waals surface area contributed by atoms with Crippen LogP contribution in [0.2, 0.25) is 0 Å². The van der Waals surface area contributed by atoms with Crippen LogP contribution in [0.15, 0.2) is 84.0 Å². The van der Waals surface area contributed by atoms with Crippen molar-refractivity contribution in [3.05, 3.63) is 100 Å². The van der Waals surface area contributed by atoms with Crippen LogP contribution in [0.1, 0.15) is 11.3 Å². The van der Waals surface area contributed by atoms with Gasteiger partial charge in [0.2, 0.25) is 0 Å². The largest absolute Gasteiger partial charge is 0.302 e. The molecule has 4 aromatic rings. The van der Waals surface area contributed by atoms with Gasteiger partial charge in [-0.3, -0.25) is 14.4 Å². The minimum atomic E-state index is -4.10. The van der Waals surface area contributed by atoms with E-state index in [1.165, 1.54) is 16.4 Å². The van der Waals surface area contributed by atoms with E-state index in [0.717, 1.165) is 6.07 Å². The molecule has 8 nitrogen and oxygen atoms in total. The summed E-state index contributed by atoms with van der Waals surface area (Å²) in [4.78, 5) is 14.8. The summed E-state index contributed by atoms with van der Waals surface area (Å²) in [5.74, 6) is 0. The van der Waals surface area contributed by atoms with Crippen LogP contribution < -0.4 is 4.31 Å². The molecular formula is C21H18N4O4S. The summed E-state index contributed by atoms with van der Waals surface area (Å²) >= 11 is 0. The first-order chi connectivity index (χ1) is 14.4. The predicted molar refractivity (Wildman–Crippen MR) is 113 cm³/mol. The molecule has 2 aromatic carbocycles. The topological polar surface area (TPSA) is 97.8 Å². The number of rotatable bonds is 6. The smallest absolute Gasteiger partial charge is 0.270 e. The Labute approximate surface area is 173 Å². The van der Waals surface area contributed by atoms with E-state index in [4.69, 9.17) is 0 Å². The number of para-hydroxylation sites is 1. The highest BCUT2D eigenvalue weighted by molar-refractivity contribution is 7.92. The molecule has 2 heterocycles. The minimum absolute atomic E-state index is 0.0136. The van der Waals surface area contributed by atoms with Gasteiger partial charge in [0.1, 0.15) is 5.65 Å². The lowest BCUT2D eigenvalue weighted by Crippen LogP contribution is -2.31. The summed E-state index contributed by atoms with van der Waals surface area (Å²) in [7, 11) is -4.10. The molecule has 0 N–H and O–H groups in total. The molecule has 0 bridgehead atoms. The second kappa shape index (κ2) is 7.60. The summed E-state index contributed by atoms with van der Waals surface area (Å²) in [6, 6.07) is 18.0. The molecule has 0 saturated heterocycles. The molecule has 0 fully saturated rings. The molecule has 9 heteroatoms. The highest BCUT2D eigenvalue weighted by Gasteiger charge is 2.29. The first-order valence-electron chi connectivity index (χ1n) is 9.12. The fourth-order valence-electron chi connectivity index (χ4n) is 3.26. The molecule has 2 aromatic heterocycles. The number of fused-ring (bicyclic) bond motifs is 1. The third-order valence-corrected chi connectivity index (χ3v) is 6.71. The number of nitrogens with zero attached hydrogens (tertiary/aromatic N) is 4. The van der Waals surface area contributed by atoms with Crippen molar-refractivity contribution in [3.63, 3.8) is 0 Å². The van der Waals surface area contributed by atoms with Crippen LogP contribution in [-0.2, 0) is 16.6 Å². The second-order valence-corrected chi connectivity index (χ2v) is 8.56. The lowest BCUT2D eigenvalue weighted by Gasteiger charge is -2.25. The number of non-ortho nitro benzene ring substituents is 1. The third-order valence-electron chi connectivity index (χ3n) is 4.79. The summed E-state index contributed by atoms with van der Waals surface area (Å²) in [5.41, 5.74) is 1.97. The Hall–Kier alpha value is -3.72. The molecule has 0 aliphatic rings. The van der Waals surface area contributed by atoms with Gasteiger partial charge in [-0.25, -0.2) is 13.4 Å². The van der Waals surface area contributed by atoms with E-state index in [2.05, 4.69) is 4.98 Å². The monoisotopic (exact) mass is 422 g/mol. The number of sulfonamides is 1. The summed E-state index contributed by atoms with van der Waals surface area (Å²) in [6.07, 6.45) is 3.44. The lowest BCUT2D eigenvalue weighted by atomic mass is 10.2. The minimum Gasteiger partial charge on any atom is -0.302 e. The van der Waals surface area contributed by atoms with Crippen molar-refractivity contribution in [1.29, 1.82) is 0 Å². The molecule has 0 atom stereocenters. The first kappa shape index (κ1) is 19.6. The number of aromatic nitrogens is 2. The zero-order valence-corrected chi connectivity index (χ0v) is 16.9. The van der Waals surface area contributed by atoms with Crippen molar-refractivity contribution in [3.8, 4) is 0 Å². The maximum absolute atomic E-state index is 13.7. The Morgan fingerprint density at radius 3 is 2.53 bits per heavy atom. The van der Waals surface area contributed by atoms with Crippen LogP contribution in [-0.4, -0.2) is 22.7 Å². The van der Waals surface area contributed by atoms with Crippen molar-refractivity contribution in [2.24, 2.45) is 0 Å². The Morgan fingerprint density at radius 2 is 1.80 bits per heavy atom. The van der Waals surface area contributed by atoms with E-state index < -0.39 is 14.9 Å². The van der Waals surface area contributed by atoms with E-state index >= 15 is 0 Å². The first-order valence-corrected chi connectivity index (χ1v) is 10.6. The molecule has 0 aliphatic heterocycles. The fourth-order valence-corrected chi connectivity index (χ4v) is 4.94. The fraction of sp³-hybridized carbons (Fsp3) is 0.0952. The Kier molecular flexibility index (Phi) is 4.96. The van der Waals surface area contributed by atoms with Gasteiger partial charge in [-0.05, 0) is 36.8 Å². The maximum Gasteiger partial charge on any atom is 0.270 e. The van der Waals surface area contributed by atoms with E-state index in [-0.39, 0.29) is 17.1 Å². The van der Waals surface area contributed by atoms with Crippen LogP contribution in [0.25, 0.3) is 5.65 Å². The molecule has 0 aliphatic carbocycles. The number of nitro groups is 1. The Balaban J connectivity index is 1.86. The summed E-state index contributed by atoms with van der Waals surface area (Å²) in [5, 5.41) is 11.2. The van der Waals surface area contributed by atoms with Crippen molar-refractivity contribution in [2.45, 2.75) is 18.4 Å². The number of anilines is 1. The molecule has 152 valence electrons. The SMILES string of the molecule is Cc1ccc([N+](=O)[O-])cc1S(=O)(=O)N(Cc1cnc2ccccn12)c1ccccc1. The molecule has 0 unspecified atom stereocenters. The highest BCUT2D eigenvalue weighted by Crippen LogP contribution is 2.30. The van der Waals surface area contributed by atoms with Crippen LogP contribution in [0.3, 0.4) is 0 Å². The zero-order chi connectivity index (χ0) is 21.3. The van der Waals surface area contributed by atoms with Crippen LogP contribution in [0.5, 0.6) is 0 Å². The molecule has 0 amide bonds. The van der Waals surface area contributed by atoms with Crippen molar-refractivity contribution < 1.29 is 13.3 Å². The van der Waals surface area contributed by atoms with Gasteiger partial charge in [-0.1, -0.05) is 30.3 Å². The highest BCUT2D eigenvalue weighted by atomic mass is 32.2. The summed E-state index contributed by atoms with van der Waals surface area (Å²) < 4.78 is 30.4. The van der Waals surface area contributed by atoms with Gasteiger partial charge in [-0.2, -0.15) is 0 Å². The molecular weight excluding hydrogens is 404 g/mol. The van der Waals surface area contributed by atoms with E-state index in [1.54, 1.807) is 43.5 Å². The van der Waals surface area contributed by atoms with E-state index in [0.29, 0.717) is 22.6 Å². The normalized spacial score (nSPS) is 11.5.